The first-order valence-electron chi connectivity index (χ1n) is 5.68. The molecule has 0 radical (unpaired) electrons. The van der Waals surface area contributed by atoms with E-state index in [4.69, 9.17) is 4.42 Å². The molecule has 0 unspecified atom stereocenters. The van der Waals surface area contributed by atoms with Crippen LogP contribution in [-0.4, -0.2) is 13.4 Å². The SMILES string of the molecule is Cc1ccc(CS(=O)(=O)c2nc3ccccc3s2)o1. The molecule has 2 aromatic heterocycles. The van der Waals surface area contributed by atoms with Crippen molar-refractivity contribution >= 4 is 31.4 Å². The topological polar surface area (TPSA) is 60.2 Å². The van der Waals surface area contributed by atoms with E-state index in [1.54, 1.807) is 19.1 Å². The summed E-state index contributed by atoms with van der Waals surface area (Å²) < 4.78 is 30.9. The van der Waals surface area contributed by atoms with Crippen molar-refractivity contribution in [1.82, 2.24) is 4.98 Å². The maximum absolute atomic E-state index is 12.3. The summed E-state index contributed by atoms with van der Waals surface area (Å²) in [6.45, 7) is 1.79. The van der Waals surface area contributed by atoms with Gasteiger partial charge in [-0.25, -0.2) is 13.4 Å². The molecule has 4 nitrogen and oxygen atoms in total. The molecular weight excluding hydrogens is 282 g/mol. The van der Waals surface area contributed by atoms with E-state index in [2.05, 4.69) is 4.98 Å². The summed E-state index contributed by atoms with van der Waals surface area (Å²) in [7, 11) is -3.45. The first-order chi connectivity index (χ1) is 9.04. The quantitative estimate of drug-likeness (QED) is 0.744. The Morgan fingerprint density at radius 3 is 2.68 bits per heavy atom. The molecule has 3 aromatic rings. The Balaban J connectivity index is 1.99. The van der Waals surface area contributed by atoms with E-state index < -0.39 is 9.84 Å². The molecule has 6 heteroatoms. The lowest BCUT2D eigenvalue weighted by Gasteiger charge is -1.97. The first kappa shape index (κ1) is 12.4. The summed E-state index contributed by atoms with van der Waals surface area (Å²) >= 11 is 1.19. The van der Waals surface area contributed by atoms with E-state index in [1.165, 1.54) is 11.3 Å². The third-order valence-corrected chi connectivity index (χ3v) is 5.80. The third kappa shape index (κ3) is 2.41. The zero-order valence-electron chi connectivity index (χ0n) is 10.2. The zero-order chi connectivity index (χ0) is 13.5. The molecule has 0 aliphatic rings. The average Bonchev–Trinajstić information content (AvgIpc) is 2.95. The molecular formula is C13H11NO3S2. The van der Waals surface area contributed by atoms with Gasteiger partial charge in [-0.2, -0.15) is 0 Å². The Morgan fingerprint density at radius 1 is 1.21 bits per heavy atom. The standard InChI is InChI=1S/C13H11NO3S2/c1-9-6-7-10(17-9)8-19(15,16)13-14-11-4-2-3-5-12(11)18-13/h2-7H,8H2,1H3. The number of hydrogen-bond acceptors (Lipinski definition) is 5. The van der Waals surface area contributed by atoms with Gasteiger partial charge in [-0.1, -0.05) is 12.1 Å². The number of aryl methyl sites for hydroxylation is 1. The molecule has 0 saturated heterocycles. The summed E-state index contributed by atoms with van der Waals surface area (Å²) in [5, 5.41) is 0. The number of thiazole rings is 1. The Labute approximate surface area is 114 Å². The summed E-state index contributed by atoms with van der Waals surface area (Å²) in [6, 6.07) is 10.8. The highest BCUT2D eigenvalue weighted by molar-refractivity contribution is 7.92. The van der Waals surface area contributed by atoms with Crippen LogP contribution in [-0.2, 0) is 15.6 Å². The van der Waals surface area contributed by atoms with Crippen molar-refractivity contribution in [1.29, 1.82) is 0 Å². The second-order valence-corrected chi connectivity index (χ2v) is 7.41. The lowest BCUT2D eigenvalue weighted by Crippen LogP contribution is -2.03. The molecule has 0 spiro atoms. The van der Waals surface area contributed by atoms with Gasteiger partial charge in [-0.05, 0) is 31.2 Å². The van der Waals surface area contributed by atoms with Gasteiger partial charge >= 0.3 is 0 Å². The van der Waals surface area contributed by atoms with Crippen LogP contribution in [0.25, 0.3) is 10.2 Å². The van der Waals surface area contributed by atoms with Gasteiger partial charge in [0.1, 0.15) is 17.3 Å². The fourth-order valence-electron chi connectivity index (χ4n) is 1.80. The fourth-order valence-corrected chi connectivity index (χ4v) is 4.34. The number of fused-ring (bicyclic) bond motifs is 1. The molecule has 0 atom stereocenters. The van der Waals surface area contributed by atoms with Crippen molar-refractivity contribution in [2.24, 2.45) is 0 Å². The van der Waals surface area contributed by atoms with E-state index in [-0.39, 0.29) is 10.1 Å². The van der Waals surface area contributed by atoms with E-state index in [9.17, 15) is 8.42 Å². The lowest BCUT2D eigenvalue weighted by molar-refractivity contribution is 0.495. The van der Waals surface area contributed by atoms with Gasteiger partial charge in [-0.3, -0.25) is 0 Å². The van der Waals surface area contributed by atoms with Crippen LogP contribution in [0, 0.1) is 6.92 Å². The molecule has 2 heterocycles. The van der Waals surface area contributed by atoms with Crippen LogP contribution in [0.1, 0.15) is 11.5 Å². The van der Waals surface area contributed by atoms with Gasteiger partial charge in [0.2, 0.25) is 14.2 Å². The van der Waals surface area contributed by atoms with Gasteiger partial charge in [-0.15, -0.1) is 11.3 Å². The predicted molar refractivity (Wildman–Crippen MR) is 74.0 cm³/mol. The van der Waals surface area contributed by atoms with E-state index in [0.29, 0.717) is 17.0 Å². The van der Waals surface area contributed by atoms with E-state index in [1.807, 2.05) is 24.3 Å². The Morgan fingerprint density at radius 2 is 2.00 bits per heavy atom. The van der Waals surface area contributed by atoms with Crippen molar-refractivity contribution in [3.05, 3.63) is 47.9 Å². The molecule has 0 N–H and O–H groups in total. The molecule has 3 rings (SSSR count). The van der Waals surface area contributed by atoms with Gasteiger partial charge in [0, 0.05) is 0 Å². The Hall–Kier alpha value is -1.66. The highest BCUT2D eigenvalue weighted by Crippen LogP contribution is 2.27. The maximum atomic E-state index is 12.3. The summed E-state index contributed by atoms with van der Waals surface area (Å²) in [6.07, 6.45) is 0. The largest absolute Gasteiger partial charge is 0.465 e. The van der Waals surface area contributed by atoms with Gasteiger partial charge in [0.05, 0.1) is 10.2 Å². The maximum Gasteiger partial charge on any atom is 0.212 e. The molecule has 0 aliphatic heterocycles. The van der Waals surface area contributed by atoms with Crippen LogP contribution in [0.5, 0.6) is 0 Å². The summed E-state index contributed by atoms with van der Waals surface area (Å²) in [5.41, 5.74) is 0.710. The number of para-hydroxylation sites is 1. The van der Waals surface area contributed by atoms with Crippen LogP contribution < -0.4 is 0 Å². The van der Waals surface area contributed by atoms with Gasteiger partial charge in [0.25, 0.3) is 0 Å². The average molecular weight is 293 g/mol. The number of hydrogen-bond donors (Lipinski definition) is 0. The van der Waals surface area contributed by atoms with Crippen LogP contribution in [0.3, 0.4) is 0 Å². The molecule has 0 fully saturated rings. The Kier molecular flexibility index (Phi) is 2.91. The smallest absolute Gasteiger partial charge is 0.212 e. The number of furan rings is 1. The van der Waals surface area contributed by atoms with Crippen molar-refractivity contribution in [2.45, 2.75) is 17.0 Å². The minimum absolute atomic E-state index is 0.141. The van der Waals surface area contributed by atoms with E-state index >= 15 is 0 Å². The normalized spacial score (nSPS) is 12.1. The predicted octanol–water partition coefficient (Wildman–Crippen LogP) is 3.17. The van der Waals surface area contributed by atoms with Crippen molar-refractivity contribution in [3.8, 4) is 0 Å². The van der Waals surface area contributed by atoms with Crippen LogP contribution >= 0.6 is 11.3 Å². The number of nitrogens with zero attached hydrogens (tertiary/aromatic N) is 1. The third-order valence-electron chi connectivity index (χ3n) is 2.67. The number of aromatic nitrogens is 1. The van der Waals surface area contributed by atoms with Crippen molar-refractivity contribution in [3.63, 3.8) is 0 Å². The first-order valence-corrected chi connectivity index (χ1v) is 8.15. The minimum atomic E-state index is -3.45. The highest BCUT2D eigenvalue weighted by atomic mass is 32.2. The zero-order valence-corrected chi connectivity index (χ0v) is 11.8. The molecule has 98 valence electrons. The van der Waals surface area contributed by atoms with Crippen molar-refractivity contribution in [2.75, 3.05) is 0 Å². The molecule has 0 aliphatic carbocycles. The van der Waals surface area contributed by atoms with Crippen LogP contribution in [0.15, 0.2) is 45.2 Å². The molecule has 1 aromatic carbocycles. The van der Waals surface area contributed by atoms with Gasteiger partial charge < -0.3 is 4.42 Å². The second-order valence-electron chi connectivity index (χ2n) is 4.22. The molecule has 0 saturated carbocycles. The highest BCUT2D eigenvalue weighted by Gasteiger charge is 2.21. The number of rotatable bonds is 3. The molecule has 19 heavy (non-hydrogen) atoms. The summed E-state index contributed by atoms with van der Waals surface area (Å²) in [4.78, 5) is 4.18. The monoisotopic (exact) mass is 293 g/mol. The lowest BCUT2D eigenvalue weighted by atomic mass is 10.3. The van der Waals surface area contributed by atoms with Gasteiger partial charge in [0.15, 0.2) is 0 Å². The van der Waals surface area contributed by atoms with Crippen LogP contribution in [0.2, 0.25) is 0 Å². The Bertz CT molecular complexity index is 797. The van der Waals surface area contributed by atoms with Crippen LogP contribution in [0.4, 0.5) is 0 Å². The number of benzene rings is 1. The molecule has 0 amide bonds. The fraction of sp³-hybridized carbons (Fsp3) is 0.154. The summed E-state index contributed by atoms with van der Waals surface area (Å²) in [5.74, 6) is 0.993. The minimum Gasteiger partial charge on any atom is -0.465 e. The van der Waals surface area contributed by atoms with E-state index in [0.717, 1.165) is 4.70 Å². The second kappa shape index (κ2) is 4.47. The van der Waals surface area contributed by atoms with Crippen molar-refractivity contribution < 1.29 is 12.8 Å². The molecule has 0 bridgehead atoms. The number of sulfone groups is 1.